The average Bonchev–Trinajstić information content (AvgIpc) is 3.08. The summed E-state index contributed by atoms with van der Waals surface area (Å²) >= 11 is 0. The van der Waals surface area contributed by atoms with Crippen molar-refractivity contribution < 1.29 is 0 Å². The molecule has 0 bridgehead atoms. The number of hydrogen-bond donors (Lipinski definition) is 0. The Bertz CT molecular complexity index is 1700. The first kappa shape index (κ1) is 28.5. The summed E-state index contributed by atoms with van der Waals surface area (Å²) in [5.74, 6) is 0. The molecule has 2 nitrogen and oxygen atoms in total. The van der Waals surface area contributed by atoms with E-state index >= 15 is 0 Å². The molecule has 6 aromatic carbocycles. The van der Waals surface area contributed by atoms with Gasteiger partial charge < -0.3 is 9.80 Å². The minimum atomic E-state index is 1.10. The van der Waals surface area contributed by atoms with Gasteiger partial charge in [-0.1, -0.05) is 109 Å². The van der Waals surface area contributed by atoms with E-state index in [1.807, 2.05) is 12.2 Å². The number of hydrogen-bond acceptors (Lipinski definition) is 2. The first-order valence-electron chi connectivity index (χ1n) is 14.9. The van der Waals surface area contributed by atoms with E-state index in [1.165, 1.54) is 22.3 Å². The minimum absolute atomic E-state index is 1.10. The van der Waals surface area contributed by atoms with Crippen LogP contribution in [0.2, 0.25) is 0 Å². The van der Waals surface area contributed by atoms with Gasteiger partial charge in [0.1, 0.15) is 0 Å². The normalized spacial score (nSPS) is 10.7. The van der Waals surface area contributed by atoms with Gasteiger partial charge in [0.2, 0.25) is 0 Å². The highest BCUT2D eigenvalue weighted by Crippen LogP contribution is 2.38. The molecule has 0 unspecified atom stereocenters. The van der Waals surface area contributed by atoms with Crippen molar-refractivity contribution in [2.75, 3.05) is 9.80 Å². The molecular formula is C42H36N2. The van der Waals surface area contributed by atoms with E-state index in [-0.39, 0.29) is 0 Å². The summed E-state index contributed by atoms with van der Waals surface area (Å²) in [4.78, 5) is 4.58. The van der Waals surface area contributed by atoms with Crippen LogP contribution in [0.15, 0.2) is 159 Å². The lowest BCUT2D eigenvalue weighted by atomic mass is 10.0. The zero-order valence-corrected chi connectivity index (χ0v) is 25.3. The molecule has 2 heteroatoms. The van der Waals surface area contributed by atoms with Crippen molar-refractivity contribution in [3.05, 3.63) is 181 Å². The number of rotatable bonds is 9. The van der Waals surface area contributed by atoms with Gasteiger partial charge in [0.25, 0.3) is 0 Å². The zero-order valence-electron chi connectivity index (χ0n) is 25.3. The molecule has 0 N–H and O–H groups in total. The number of benzene rings is 6. The van der Waals surface area contributed by atoms with Crippen molar-refractivity contribution in [1.29, 1.82) is 0 Å². The number of nitrogens with zero attached hydrogens (tertiary/aromatic N) is 2. The molecule has 0 saturated heterocycles. The maximum absolute atomic E-state index is 3.91. The molecule has 0 fully saturated rings. The van der Waals surface area contributed by atoms with Crippen LogP contribution in [0.5, 0.6) is 0 Å². The predicted molar refractivity (Wildman–Crippen MR) is 191 cm³/mol. The van der Waals surface area contributed by atoms with Gasteiger partial charge in [-0.05, 0) is 109 Å². The van der Waals surface area contributed by atoms with Crippen LogP contribution in [0.1, 0.15) is 22.3 Å². The van der Waals surface area contributed by atoms with Gasteiger partial charge in [-0.3, -0.25) is 0 Å². The highest BCUT2D eigenvalue weighted by molar-refractivity contribution is 5.81. The van der Waals surface area contributed by atoms with Crippen LogP contribution in [-0.4, -0.2) is 0 Å². The SMILES string of the molecule is C=Cc1ccc(N(c2ccc(C)cc2)c2ccc(-c3ccc(N(c4ccc(C)cc4)c4ccc(C=C)cc4)cc3)cc2)cc1. The molecular weight excluding hydrogens is 532 g/mol. The van der Waals surface area contributed by atoms with Crippen molar-refractivity contribution in [2.24, 2.45) is 0 Å². The summed E-state index contributed by atoms with van der Waals surface area (Å²) in [6.07, 6.45) is 3.75. The summed E-state index contributed by atoms with van der Waals surface area (Å²) in [7, 11) is 0. The van der Waals surface area contributed by atoms with E-state index < -0.39 is 0 Å². The average molecular weight is 569 g/mol. The Morgan fingerprint density at radius 1 is 0.341 bits per heavy atom. The van der Waals surface area contributed by atoms with Crippen molar-refractivity contribution in [3.8, 4) is 11.1 Å². The summed E-state index contributed by atoms with van der Waals surface area (Å²) in [5.41, 5.74) is 13.7. The molecule has 214 valence electrons. The minimum Gasteiger partial charge on any atom is -0.311 e. The van der Waals surface area contributed by atoms with Crippen LogP contribution in [0.25, 0.3) is 23.3 Å². The third kappa shape index (κ3) is 6.11. The summed E-state index contributed by atoms with van der Waals surface area (Å²) in [6.45, 7) is 12.0. The van der Waals surface area contributed by atoms with Crippen LogP contribution in [0.3, 0.4) is 0 Å². The third-order valence-electron chi connectivity index (χ3n) is 7.94. The smallest absolute Gasteiger partial charge is 0.0462 e. The number of aryl methyl sites for hydroxylation is 2. The Kier molecular flexibility index (Phi) is 8.25. The largest absolute Gasteiger partial charge is 0.311 e. The lowest BCUT2D eigenvalue weighted by Crippen LogP contribution is -2.10. The van der Waals surface area contributed by atoms with Crippen LogP contribution in [0, 0.1) is 13.8 Å². The second-order valence-electron chi connectivity index (χ2n) is 11.0. The first-order valence-corrected chi connectivity index (χ1v) is 14.9. The molecule has 6 aromatic rings. The maximum Gasteiger partial charge on any atom is 0.0462 e. The fraction of sp³-hybridized carbons (Fsp3) is 0.0476. The molecule has 0 aliphatic heterocycles. The molecule has 44 heavy (non-hydrogen) atoms. The van der Waals surface area contributed by atoms with Crippen LogP contribution >= 0.6 is 0 Å². The topological polar surface area (TPSA) is 6.48 Å². The van der Waals surface area contributed by atoms with Gasteiger partial charge in [0, 0.05) is 34.1 Å². The Morgan fingerprint density at radius 2 is 0.568 bits per heavy atom. The van der Waals surface area contributed by atoms with Gasteiger partial charge in [-0.25, -0.2) is 0 Å². The van der Waals surface area contributed by atoms with E-state index in [0.717, 1.165) is 45.3 Å². The summed E-state index contributed by atoms with van der Waals surface area (Å²) < 4.78 is 0. The van der Waals surface area contributed by atoms with Crippen molar-refractivity contribution in [3.63, 3.8) is 0 Å². The Morgan fingerprint density at radius 3 is 0.818 bits per heavy atom. The molecule has 0 heterocycles. The van der Waals surface area contributed by atoms with E-state index in [9.17, 15) is 0 Å². The van der Waals surface area contributed by atoms with Gasteiger partial charge in [-0.15, -0.1) is 0 Å². The van der Waals surface area contributed by atoms with E-state index in [1.54, 1.807) is 0 Å². The van der Waals surface area contributed by atoms with Crippen LogP contribution in [-0.2, 0) is 0 Å². The molecule has 0 spiro atoms. The maximum atomic E-state index is 3.91. The third-order valence-corrected chi connectivity index (χ3v) is 7.94. The lowest BCUT2D eigenvalue weighted by molar-refractivity contribution is 1.27. The van der Waals surface area contributed by atoms with Gasteiger partial charge in [0.05, 0.1) is 0 Å². The van der Waals surface area contributed by atoms with Crippen molar-refractivity contribution in [2.45, 2.75) is 13.8 Å². The molecule has 0 amide bonds. The molecule has 0 aliphatic carbocycles. The van der Waals surface area contributed by atoms with Gasteiger partial charge >= 0.3 is 0 Å². The van der Waals surface area contributed by atoms with Crippen molar-refractivity contribution in [1.82, 2.24) is 0 Å². The predicted octanol–water partition coefficient (Wildman–Crippen LogP) is 12.2. The molecule has 0 aliphatic rings. The molecule has 0 aromatic heterocycles. The fourth-order valence-electron chi connectivity index (χ4n) is 5.41. The quantitative estimate of drug-likeness (QED) is 0.171. The Labute approximate surface area is 261 Å². The van der Waals surface area contributed by atoms with E-state index in [0.29, 0.717) is 0 Å². The van der Waals surface area contributed by atoms with Gasteiger partial charge in [0.15, 0.2) is 0 Å². The standard InChI is InChI=1S/C42H36N2/c1-5-33-11-23-39(24-12-33)43(37-19-7-31(3)8-20-37)41-27-15-35(16-28-41)36-17-29-42(30-18-36)44(38-21-9-32(4)10-22-38)40-25-13-34(6-2)14-26-40/h5-30H,1-2H2,3-4H3. The summed E-state index contributed by atoms with van der Waals surface area (Å²) in [6, 6.07) is 51.9. The Balaban J connectivity index is 1.31. The second-order valence-corrected chi connectivity index (χ2v) is 11.0. The highest BCUT2D eigenvalue weighted by Gasteiger charge is 2.15. The van der Waals surface area contributed by atoms with Gasteiger partial charge in [-0.2, -0.15) is 0 Å². The van der Waals surface area contributed by atoms with E-state index in [4.69, 9.17) is 0 Å². The lowest BCUT2D eigenvalue weighted by Gasteiger charge is -2.26. The molecule has 0 saturated carbocycles. The first-order chi connectivity index (χ1) is 21.5. The zero-order chi connectivity index (χ0) is 30.5. The van der Waals surface area contributed by atoms with Crippen molar-refractivity contribution >= 4 is 46.3 Å². The monoisotopic (exact) mass is 568 g/mol. The fourth-order valence-corrected chi connectivity index (χ4v) is 5.41. The van der Waals surface area contributed by atoms with Crippen LogP contribution in [0.4, 0.5) is 34.1 Å². The summed E-state index contributed by atoms with van der Waals surface area (Å²) in [5, 5.41) is 0. The van der Waals surface area contributed by atoms with E-state index in [2.05, 4.69) is 182 Å². The second kappa shape index (κ2) is 12.7. The van der Waals surface area contributed by atoms with Crippen LogP contribution < -0.4 is 9.80 Å². The molecule has 6 rings (SSSR count). The molecule has 0 radical (unpaired) electrons. The number of anilines is 6. The highest BCUT2D eigenvalue weighted by atomic mass is 15.1. The molecule has 0 atom stereocenters. The Hall–Kier alpha value is -5.60.